The molecule has 0 amide bonds. The van der Waals surface area contributed by atoms with Crippen LogP contribution in [0.25, 0.3) is 55.3 Å². The Balaban J connectivity index is 1.10. The molecule has 0 radical (unpaired) electrons. The van der Waals surface area contributed by atoms with Crippen LogP contribution in [0.15, 0.2) is 194 Å². The van der Waals surface area contributed by atoms with Crippen LogP contribution in [0.4, 0.5) is 17.1 Å². The normalized spacial score (nSPS) is 17.5. The van der Waals surface area contributed by atoms with Crippen LogP contribution in [0.1, 0.15) is 90.8 Å². The Kier molecular flexibility index (Phi) is 8.02. The quantitative estimate of drug-likeness (QED) is 0.167. The van der Waals surface area contributed by atoms with Crippen molar-refractivity contribution in [2.24, 2.45) is 0 Å². The Morgan fingerprint density at radius 2 is 0.968 bits per heavy atom. The lowest BCUT2D eigenvalue weighted by Crippen LogP contribution is -2.32. The summed E-state index contributed by atoms with van der Waals surface area (Å²) in [5, 5.41) is 2.69. The zero-order valence-electron chi connectivity index (χ0n) is 36.0. The zero-order valence-corrected chi connectivity index (χ0v) is 36.0. The van der Waals surface area contributed by atoms with Crippen LogP contribution in [-0.2, 0) is 10.8 Å². The molecule has 0 bridgehead atoms. The molecular weight excluding hydrogens is 759 g/mol. The number of benzene rings is 9. The van der Waals surface area contributed by atoms with Crippen molar-refractivity contribution in [2.75, 3.05) is 4.90 Å². The molecule has 1 nitrogen and oxygen atoms in total. The van der Waals surface area contributed by atoms with E-state index in [4.69, 9.17) is 0 Å². The Hall–Kier alpha value is -6.96. The maximum atomic E-state index is 2.61. The van der Waals surface area contributed by atoms with E-state index in [1.165, 1.54) is 126 Å². The van der Waals surface area contributed by atoms with E-state index in [1.807, 2.05) is 0 Å². The first-order chi connectivity index (χ1) is 31.0. The van der Waals surface area contributed by atoms with E-state index >= 15 is 0 Å². The number of rotatable bonds is 5. The topological polar surface area (TPSA) is 3.24 Å². The monoisotopic (exact) mass is 807 g/mol. The van der Waals surface area contributed by atoms with Crippen LogP contribution >= 0.6 is 0 Å². The number of para-hydroxylation sites is 1. The Morgan fingerprint density at radius 3 is 1.75 bits per heavy atom. The van der Waals surface area contributed by atoms with E-state index in [1.54, 1.807) is 0 Å². The average Bonchev–Trinajstić information content (AvgIpc) is 3.76. The third kappa shape index (κ3) is 5.17. The number of anilines is 3. The van der Waals surface area contributed by atoms with E-state index < -0.39 is 5.41 Å². The molecule has 0 heterocycles. The minimum Gasteiger partial charge on any atom is -0.310 e. The Morgan fingerprint density at radius 1 is 0.397 bits per heavy atom. The first kappa shape index (κ1) is 36.7. The van der Waals surface area contributed by atoms with Crippen molar-refractivity contribution in [3.05, 3.63) is 233 Å². The van der Waals surface area contributed by atoms with Gasteiger partial charge in [-0.3, -0.25) is 0 Å². The third-order valence-electron chi connectivity index (χ3n) is 15.5. The van der Waals surface area contributed by atoms with Gasteiger partial charge in [-0.2, -0.15) is 0 Å². The minimum absolute atomic E-state index is 0.134. The lowest BCUT2D eigenvalue weighted by molar-refractivity contribution is 0.443. The molecule has 1 saturated carbocycles. The number of hydrogen-bond donors (Lipinski definition) is 0. The summed E-state index contributed by atoms with van der Waals surface area (Å²) in [5.74, 6) is 0.620. The lowest BCUT2D eigenvalue weighted by Gasteiger charge is -2.41. The molecule has 0 N–H and O–H groups in total. The van der Waals surface area contributed by atoms with Crippen molar-refractivity contribution in [1.82, 2.24) is 0 Å². The van der Waals surface area contributed by atoms with Gasteiger partial charge in [-0.1, -0.05) is 197 Å². The number of hydrogen-bond acceptors (Lipinski definition) is 1. The van der Waals surface area contributed by atoms with Crippen LogP contribution in [0.5, 0.6) is 0 Å². The molecule has 0 aliphatic heterocycles. The highest BCUT2D eigenvalue weighted by atomic mass is 15.1. The molecule has 302 valence electrons. The standard InChI is InChI=1S/C62H49N/c1-61(2)53-27-12-9-24-47(53)49-34-32-44(38-57(49)61)63(59-30-14-11-23-46(59)41-19-7-4-8-20-41)45-33-35-50-48-25-10-13-28-54(48)62(58(50)39-45)55-36-31-43(40-17-5-3-6-18-40)37-52(55)51-26-15-21-42-22-16-29-56(62)60(42)51/h4,7-16,19-40H,3,5-6,17-18H2,1-2H3. The number of fused-ring (bicyclic) bond motifs is 12. The maximum Gasteiger partial charge on any atom is 0.0726 e. The van der Waals surface area contributed by atoms with E-state index in [2.05, 4.69) is 213 Å². The van der Waals surface area contributed by atoms with Gasteiger partial charge in [-0.05, 0) is 138 Å². The fraction of sp³-hybridized carbons (Fsp3) is 0.161. The summed E-state index contributed by atoms with van der Waals surface area (Å²) in [6, 6.07) is 74.4. The fourth-order valence-electron chi connectivity index (χ4n) is 12.6. The molecule has 9 aromatic carbocycles. The lowest BCUT2D eigenvalue weighted by atomic mass is 9.61. The van der Waals surface area contributed by atoms with Crippen molar-refractivity contribution < 1.29 is 0 Å². The van der Waals surface area contributed by atoms with Crippen molar-refractivity contribution in [3.63, 3.8) is 0 Å². The first-order valence-corrected chi connectivity index (χ1v) is 23.1. The molecular formula is C62H49N. The molecule has 4 aliphatic carbocycles. The molecule has 1 unspecified atom stereocenters. The van der Waals surface area contributed by atoms with Crippen LogP contribution in [0.2, 0.25) is 0 Å². The second kappa shape index (κ2) is 13.8. The van der Waals surface area contributed by atoms with Gasteiger partial charge >= 0.3 is 0 Å². The summed E-state index contributed by atoms with van der Waals surface area (Å²) in [5.41, 5.74) is 23.1. The van der Waals surface area contributed by atoms with Gasteiger partial charge in [-0.15, -0.1) is 0 Å². The molecule has 4 aliphatic rings. The van der Waals surface area contributed by atoms with Crippen molar-refractivity contribution >= 4 is 27.8 Å². The predicted octanol–water partition coefficient (Wildman–Crippen LogP) is 16.7. The van der Waals surface area contributed by atoms with Gasteiger partial charge in [-0.25, -0.2) is 0 Å². The maximum absolute atomic E-state index is 2.61. The SMILES string of the molecule is CC1(C)c2ccccc2-c2ccc(N(c3ccc4c(c3)C3(c5ccccc5-4)c4ccc(C5CCCCC5)cc4-c4cccc5cccc3c45)c3ccccc3-c3ccccc3)cc21. The summed E-state index contributed by atoms with van der Waals surface area (Å²) in [4.78, 5) is 2.54. The largest absolute Gasteiger partial charge is 0.310 e. The Labute approximate surface area is 371 Å². The Bertz CT molecular complexity index is 3300. The molecule has 0 aromatic heterocycles. The molecule has 63 heavy (non-hydrogen) atoms. The van der Waals surface area contributed by atoms with Gasteiger partial charge in [0, 0.05) is 22.4 Å². The van der Waals surface area contributed by atoms with Gasteiger partial charge in [0.05, 0.1) is 11.1 Å². The summed E-state index contributed by atoms with van der Waals surface area (Å²) in [6.07, 6.45) is 6.58. The second-order valence-corrected chi connectivity index (χ2v) is 19.0. The van der Waals surface area contributed by atoms with Gasteiger partial charge < -0.3 is 4.90 Å². The average molecular weight is 808 g/mol. The highest BCUT2D eigenvalue weighted by molar-refractivity contribution is 6.07. The predicted molar refractivity (Wildman–Crippen MR) is 264 cm³/mol. The van der Waals surface area contributed by atoms with Gasteiger partial charge in [0.1, 0.15) is 0 Å². The van der Waals surface area contributed by atoms with E-state index in [-0.39, 0.29) is 5.41 Å². The summed E-state index contributed by atoms with van der Waals surface area (Å²) in [6.45, 7) is 4.78. The second-order valence-electron chi connectivity index (χ2n) is 19.0. The molecule has 0 saturated heterocycles. The van der Waals surface area contributed by atoms with Gasteiger partial charge in [0.15, 0.2) is 0 Å². The smallest absolute Gasteiger partial charge is 0.0726 e. The van der Waals surface area contributed by atoms with Crippen LogP contribution < -0.4 is 4.90 Å². The summed E-state index contributed by atoms with van der Waals surface area (Å²) in [7, 11) is 0. The highest BCUT2D eigenvalue weighted by Gasteiger charge is 2.50. The van der Waals surface area contributed by atoms with Crippen LogP contribution in [0.3, 0.4) is 0 Å². The van der Waals surface area contributed by atoms with Crippen molar-refractivity contribution in [3.8, 4) is 44.5 Å². The van der Waals surface area contributed by atoms with Crippen LogP contribution in [0, 0.1) is 0 Å². The summed E-state index contributed by atoms with van der Waals surface area (Å²) >= 11 is 0. The molecule has 1 atom stereocenters. The van der Waals surface area contributed by atoms with Gasteiger partial charge in [0.25, 0.3) is 0 Å². The van der Waals surface area contributed by atoms with Crippen LogP contribution in [-0.4, -0.2) is 0 Å². The molecule has 1 fully saturated rings. The van der Waals surface area contributed by atoms with Gasteiger partial charge in [0.2, 0.25) is 0 Å². The number of nitrogens with zero attached hydrogens (tertiary/aromatic N) is 1. The zero-order chi connectivity index (χ0) is 41.9. The molecule has 9 aromatic rings. The van der Waals surface area contributed by atoms with Crippen molar-refractivity contribution in [2.45, 2.75) is 62.7 Å². The third-order valence-corrected chi connectivity index (χ3v) is 15.5. The van der Waals surface area contributed by atoms with E-state index in [9.17, 15) is 0 Å². The molecule has 1 heteroatoms. The van der Waals surface area contributed by atoms with E-state index in [0.29, 0.717) is 5.92 Å². The molecule has 1 spiro atoms. The summed E-state index contributed by atoms with van der Waals surface area (Å²) < 4.78 is 0. The molecule has 13 rings (SSSR count). The highest BCUT2D eigenvalue weighted by Crippen LogP contribution is 2.63. The fourth-order valence-corrected chi connectivity index (χ4v) is 12.6. The van der Waals surface area contributed by atoms with E-state index in [0.717, 1.165) is 17.1 Å². The minimum atomic E-state index is -0.511. The first-order valence-electron chi connectivity index (χ1n) is 23.1. The van der Waals surface area contributed by atoms with Crippen molar-refractivity contribution in [1.29, 1.82) is 0 Å².